The van der Waals surface area contributed by atoms with Crippen LogP contribution in [0, 0.1) is 0 Å². The first kappa shape index (κ1) is 10.9. The van der Waals surface area contributed by atoms with E-state index < -0.39 is 11.9 Å². The molecule has 0 aromatic rings. The predicted molar refractivity (Wildman–Crippen MR) is 43.1 cm³/mol. The minimum absolute atomic E-state index is 0.0256. The van der Waals surface area contributed by atoms with E-state index in [-0.39, 0.29) is 18.9 Å². The van der Waals surface area contributed by atoms with E-state index in [1.807, 2.05) is 0 Å². The van der Waals surface area contributed by atoms with E-state index in [0.29, 0.717) is 6.42 Å². The molecule has 0 saturated carbocycles. The van der Waals surface area contributed by atoms with E-state index in [1.54, 1.807) is 6.92 Å². The van der Waals surface area contributed by atoms with Crippen molar-refractivity contribution >= 4 is 11.8 Å². The van der Waals surface area contributed by atoms with Crippen molar-refractivity contribution in [3.63, 3.8) is 0 Å². The predicted octanol–water partition coefficient (Wildman–Crippen LogP) is -1.25. The molecule has 4 N–H and O–H groups in total. The zero-order valence-corrected chi connectivity index (χ0v) is 7.04. The average molecular weight is 174 g/mol. The largest absolute Gasteiger partial charge is 0.394 e. The van der Waals surface area contributed by atoms with Crippen LogP contribution in [0.5, 0.6) is 0 Å². The summed E-state index contributed by atoms with van der Waals surface area (Å²) in [5.74, 6) is -0.735. The molecule has 0 aliphatic rings. The molecule has 1 atom stereocenters. The lowest BCUT2D eigenvalue weighted by atomic mass is 10.2. The highest BCUT2D eigenvalue weighted by atomic mass is 16.3. The Morgan fingerprint density at radius 2 is 2.17 bits per heavy atom. The molecule has 70 valence electrons. The highest BCUT2D eigenvalue weighted by Gasteiger charge is 2.12. The van der Waals surface area contributed by atoms with Crippen LogP contribution in [-0.4, -0.2) is 29.6 Å². The molecule has 2 amide bonds. The monoisotopic (exact) mass is 174 g/mol. The zero-order chi connectivity index (χ0) is 9.56. The second-order valence-corrected chi connectivity index (χ2v) is 2.47. The van der Waals surface area contributed by atoms with E-state index in [4.69, 9.17) is 10.8 Å². The molecule has 5 heteroatoms. The standard InChI is InChI=1S/C7H14N2O3/c1-2-7(12)9-5(4-10)3-6(8)11/h5,10H,2-4H2,1H3,(H2,8,11)(H,9,12)/t5-/m1/s1. The fourth-order valence-corrected chi connectivity index (χ4v) is 0.734. The smallest absolute Gasteiger partial charge is 0.220 e. The lowest BCUT2D eigenvalue weighted by Crippen LogP contribution is -2.39. The highest BCUT2D eigenvalue weighted by Crippen LogP contribution is 1.90. The summed E-state index contributed by atoms with van der Waals surface area (Å²) >= 11 is 0. The number of hydrogen-bond donors (Lipinski definition) is 3. The van der Waals surface area contributed by atoms with Crippen molar-refractivity contribution in [2.24, 2.45) is 5.73 Å². The Bertz CT molecular complexity index is 170. The van der Waals surface area contributed by atoms with Gasteiger partial charge in [-0.05, 0) is 0 Å². The minimum atomic E-state index is -0.546. The van der Waals surface area contributed by atoms with Gasteiger partial charge in [-0.15, -0.1) is 0 Å². The summed E-state index contributed by atoms with van der Waals surface area (Å²) in [5.41, 5.74) is 4.88. The maximum absolute atomic E-state index is 10.8. The summed E-state index contributed by atoms with van der Waals surface area (Å²) in [4.78, 5) is 21.2. The molecule has 0 heterocycles. The van der Waals surface area contributed by atoms with Gasteiger partial charge in [-0.2, -0.15) is 0 Å². The van der Waals surface area contributed by atoms with Gasteiger partial charge in [-0.3, -0.25) is 9.59 Å². The van der Waals surface area contributed by atoms with Crippen molar-refractivity contribution in [2.45, 2.75) is 25.8 Å². The Hall–Kier alpha value is -1.10. The summed E-state index contributed by atoms with van der Waals surface area (Å²) in [6.45, 7) is 1.42. The van der Waals surface area contributed by atoms with E-state index >= 15 is 0 Å². The van der Waals surface area contributed by atoms with Crippen molar-refractivity contribution in [3.05, 3.63) is 0 Å². The number of carbonyl (C=O) groups excluding carboxylic acids is 2. The number of nitrogens with two attached hydrogens (primary N) is 1. The van der Waals surface area contributed by atoms with Crippen LogP contribution < -0.4 is 11.1 Å². The topological polar surface area (TPSA) is 92.4 Å². The van der Waals surface area contributed by atoms with Gasteiger partial charge in [0.05, 0.1) is 12.6 Å². The summed E-state index contributed by atoms with van der Waals surface area (Å²) in [6, 6.07) is -0.546. The Labute approximate surface area is 70.9 Å². The second kappa shape index (κ2) is 5.54. The molecule has 0 unspecified atom stereocenters. The van der Waals surface area contributed by atoms with Gasteiger partial charge in [0.1, 0.15) is 0 Å². The molecule has 0 fully saturated rings. The fourth-order valence-electron chi connectivity index (χ4n) is 0.734. The number of aliphatic hydroxyl groups excluding tert-OH is 1. The minimum Gasteiger partial charge on any atom is -0.394 e. The highest BCUT2D eigenvalue weighted by molar-refractivity contribution is 5.78. The van der Waals surface area contributed by atoms with Gasteiger partial charge < -0.3 is 16.2 Å². The maximum atomic E-state index is 10.8. The fraction of sp³-hybridized carbons (Fsp3) is 0.714. The Morgan fingerprint density at radius 1 is 1.58 bits per heavy atom. The van der Waals surface area contributed by atoms with Gasteiger partial charge in [0.25, 0.3) is 0 Å². The summed E-state index contributed by atoms with van der Waals surface area (Å²) in [7, 11) is 0. The van der Waals surface area contributed by atoms with Crippen LogP contribution in [0.1, 0.15) is 19.8 Å². The van der Waals surface area contributed by atoms with E-state index in [0.717, 1.165) is 0 Å². The zero-order valence-electron chi connectivity index (χ0n) is 7.04. The molecule has 12 heavy (non-hydrogen) atoms. The molecule has 0 saturated heterocycles. The third-order valence-electron chi connectivity index (χ3n) is 1.35. The molecule has 0 bridgehead atoms. The third-order valence-corrected chi connectivity index (χ3v) is 1.35. The number of amides is 2. The molecule has 0 aromatic heterocycles. The first-order valence-electron chi connectivity index (χ1n) is 3.78. The molecule has 0 rings (SSSR count). The van der Waals surface area contributed by atoms with Gasteiger partial charge in [-0.1, -0.05) is 6.92 Å². The summed E-state index contributed by atoms with van der Waals surface area (Å²) in [5, 5.41) is 11.2. The number of aliphatic hydroxyl groups is 1. The maximum Gasteiger partial charge on any atom is 0.220 e. The molecule has 0 aliphatic carbocycles. The van der Waals surface area contributed by atoms with Crippen molar-refractivity contribution in [3.8, 4) is 0 Å². The molecular formula is C7H14N2O3. The molecule has 0 radical (unpaired) electrons. The van der Waals surface area contributed by atoms with Crippen molar-refractivity contribution in [2.75, 3.05) is 6.61 Å². The SMILES string of the molecule is CCC(=O)N[C@@H](CO)CC(N)=O. The van der Waals surface area contributed by atoms with Crippen LogP contribution in [0.25, 0.3) is 0 Å². The van der Waals surface area contributed by atoms with Crippen molar-refractivity contribution in [1.82, 2.24) is 5.32 Å². The van der Waals surface area contributed by atoms with Crippen LogP contribution in [0.2, 0.25) is 0 Å². The molecule has 0 aromatic carbocycles. The second-order valence-electron chi connectivity index (χ2n) is 2.47. The Morgan fingerprint density at radius 3 is 2.50 bits per heavy atom. The Balaban J connectivity index is 3.82. The number of carbonyl (C=O) groups is 2. The van der Waals surface area contributed by atoms with E-state index in [9.17, 15) is 9.59 Å². The van der Waals surface area contributed by atoms with E-state index in [1.165, 1.54) is 0 Å². The number of primary amides is 1. The molecular weight excluding hydrogens is 160 g/mol. The molecule has 0 aliphatic heterocycles. The number of rotatable bonds is 5. The first-order chi connectivity index (χ1) is 5.60. The lowest BCUT2D eigenvalue weighted by Gasteiger charge is -2.13. The van der Waals surface area contributed by atoms with Crippen molar-refractivity contribution in [1.29, 1.82) is 0 Å². The average Bonchev–Trinajstić information content (AvgIpc) is 2.02. The van der Waals surface area contributed by atoms with Gasteiger partial charge in [-0.25, -0.2) is 0 Å². The van der Waals surface area contributed by atoms with Crippen molar-refractivity contribution < 1.29 is 14.7 Å². The van der Waals surface area contributed by atoms with Crippen LogP contribution in [0.4, 0.5) is 0 Å². The quantitative estimate of drug-likeness (QED) is 0.486. The van der Waals surface area contributed by atoms with Crippen LogP contribution in [-0.2, 0) is 9.59 Å². The molecule has 0 spiro atoms. The number of nitrogens with one attached hydrogen (secondary N) is 1. The first-order valence-corrected chi connectivity index (χ1v) is 3.78. The van der Waals surface area contributed by atoms with Gasteiger partial charge in [0.15, 0.2) is 0 Å². The molecule has 5 nitrogen and oxygen atoms in total. The normalized spacial score (nSPS) is 12.2. The van der Waals surface area contributed by atoms with Crippen LogP contribution >= 0.6 is 0 Å². The van der Waals surface area contributed by atoms with E-state index in [2.05, 4.69) is 5.32 Å². The van der Waals surface area contributed by atoms with Gasteiger partial charge >= 0.3 is 0 Å². The third kappa shape index (κ3) is 4.68. The lowest BCUT2D eigenvalue weighted by molar-refractivity contribution is -0.122. The summed E-state index contributed by atoms with van der Waals surface area (Å²) < 4.78 is 0. The number of hydrogen-bond acceptors (Lipinski definition) is 3. The van der Waals surface area contributed by atoms with Gasteiger partial charge in [0.2, 0.25) is 11.8 Å². The van der Waals surface area contributed by atoms with Crippen LogP contribution in [0.3, 0.4) is 0 Å². The van der Waals surface area contributed by atoms with Crippen LogP contribution in [0.15, 0.2) is 0 Å². The Kier molecular flexibility index (Phi) is 5.03. The van der Waals surface area contributed by atoms with Gasteiger partial charge in [0, 0.05) is 12.8 Å². The summed E-state index contributed by atoms with van der Waals surface area (Å²) in [6.07, 6.45) is 0.303.